The van der Waals surface area contributed by atoms with Crippen LogP contribution in [-0.2, 0) is 9.47 Å². The number of ether oxygens (including phenoxy) is 2. The van der Waals surface area contributed by atoms with Crippen molar-refractivity contribution < 1.29 is 9.47 Å². The molecule has 0 aromatic heterocycles. The van der Waals surface area contributed by atoms with Crippen molar-refractivity contribution in [3.05, 3.63) is 0 Å². The molecule has 1 unspecified atom stereocenters. The van der Waals surface area contributed by atoms with Gasteiger partial charge in [0.2, 0.25) is 0 Å². The van der Waals surface area contributed by atoms with E-state index in [9.17, 15) is 0 Å². The minimum Gasteiger partial charge on any atom is -0.380 e. The summed E-state index contributed by atoms with van der Waals surface area (Å²) in [5.74, 6) is 6.53. The van der Waals surface area contributed by atoms with Crippen molar-refractivity contribution >= 4 is 0 Å². The highest BCUT2D eigenvalue weighted by atomic mass is 16.5. The molecule has 4 nitrogen and oxygen atoms in total. The zero-order valence-corrected chi connectivity index (χ0v) is 12.2. The Balaban J connectivity index is 2.61. The van der Waals surface area contributed by atoms with Crippen LogP contribution in [0.1, 0.15) is 52.9 Å². The lowest BCUT2D eigenvalue weighted by Gasteiger charge is -2.44. The molecule has 1 fully saturated rings. The van der Waals surface area contributed by atoms with Gasteiger partial charge in [-0.25, -0.2) is 0 Å². The molecule has 0 saturated heterocycles. The fraction of sp³-hybridized carbons (Fsp3) is 1.00. The van der Waals surface area contributed by atoms with Gasteiger partial charge in [0.05, 0.1) is 18.2 Å². The summed E-state index contributed by atoms with van der Waals surface area (Å²) in [5.41, 5.74) is 2.79. The predicted molar refractivity (Wildman–Crippen MR) is 74.2 cm³/mol. The number of hydrogen-bond donors (Lipinski definition) is 2. The second-order valence-corrected chi connectivity index (χ2v) is 5.47. The Morgan fingerprint density at radius 2 is 2.00 bits per heavy atom. The molecule has 0 aliphatic heterocycles. The molecule has 0 heterocycles. The SMILES string of the molecule is CCCOCC(NN)C1(OCC)CCC(C)CC1. The van der Waals surface area contributed by atoms with E-state index in [-0.39, 0.29) is 11.6 Å². The van der Waals surface area contributed by atoms with Gasteiger partial charge in [-0.1, -0.05) is 13.8 Å². The van der Waals surface area contributed by atoms with Crippen molar-refractivity contribution in [3.8, 4) is 0 Å². The van der Waals surface area contributed by atoms with E-state index in [1.807, 2.05) is 0 Å². The first kappa shape index (κ1) is 15.9. The molecule has 1 aliphatic carbocycles. The molecule has 1 saturated carbocycles. The Morgan fingerprint density at radius 3 is 2.50 bits per heavy atom. The Hall–Kier alpha value is -0.160. The molecule has 3 N–H and O–H groups in total. The molecule has 108 valence electrons. The van der Waals surface area contributed by atoms with Crippen LogP contribution in [0.2, 0.25) is 0 Å². The molecular weight excluding hydrogens is 228 g/mol. The molecule has 1 atom stereocenters. The van der Waals surface area contributed by atoms with Crippen LogP contribution in [0.25, 0.3) is 0 Å². The first-order valence-corrected chi connectivity index (χ1v) is 7.36. The van der Waals surface area contributed by atoms with Crippen LogP contribution < -0.4 is 11.3 Å². The molecule has 1 aliphatic rings. The Bertz CT molecular complexity index is 216. The topological polar surface area (TPSA) is 56.5 Å². The summed E-state index contributed by atoms with van der Waals surface area (Å²) in [6, 6.07) is 0.0940. The van der Waals surface area contributed by atoms with Gasteiger partial charge in [0.1, 0.15) is 0 Å². The van der Waals surface area contributed by atoms with E-state index in [2.05, 4.69) is 26.2 Å². The summed E-state index contributed by atoms with van der Waals surface area (Å²) in [7, 11) is 0. The Labute approximate surface area is 112 Å². The van der Waals surface area contributed by atoms with E-state index in [0.717, 1.165) is 38.4 Å². The van der Waals surface area contributed by atoms with Gasteiger partial charge in [-0.15, -0.1) is 0 Å². The van der Waals surface area contributed by atoms with E-state index >= 15 is 0 Å². The van der Waals surface area contributed by atoms with Gasteiger partial charge in [0.25, 0.3) is 0 Å². The average Bonchev–Trinajstić information content (AvgIpc) is 2.38. The van der Waals surface area contributed by atoms with Gasteiger partial charge < -0.3 is 9.47 Å². The summed E-state index contributed by atoms with van der Waals surface area (Å²) in [6.07, 6.45) is 5.62. The van der Waals surface area contributed by atoms with Crippen molar-refractivity contribution in [3.63, 3.8) is 0 Å². The van der Waals surface area contributed by atoms with Gasteiger partial charge in [-0.05, 0) is 44.9 Å². The third kappa shape index (κ3) is 4.19. The van der Waals surface area contributed by atoms with Crippen molar-refractivity contribution in [1.29, 1.82) is 0 Å². The average molecular weight is 258 g/mol. The molecular formula is C14H30N2O2. The van der Waals surface area contributed by atoms with Crippen LogP contribution in [0.5, 0.6) is 0 Å². The lowest BCUT2D eigenvalue weighted by atomic mass is 9.75. The third-order valence-electron chi connectivity index (χ3n) is 4.02. The molecule has 18 heavy (non-hydrogen) atoms. The zero-order chi connectivity index (χ0) is 13.4. The number of hydrazine groups is 1. The maximum atomic E-state index is 6.08. The minimum absolute atomic E-state index is 0.0940. The van der Waals surface area contributed by atoms with Gasteiger partial charge in [-0.2, -0.15) is 0 Å². The van der Waals surface area contributed by atoms with Gasteiger partial charge in [-0.3, -0.25) is 11.3 Å². The summed E-state index contributed by atoms with van der Waals surface area (Å²) in [6.45, 7) is 8.65. The molecule has 0 amide bonds. The maximum Gasteiger partial charge on any atom is 0.0870 e. The molecule has 0 radical (unpaired) electrons. The van der Waals surface area contributed by atoms with Crippen LogP contribution >= 0.6 is 0 Å². The lowest BCUT2D eigenvalue weighted by Crippen LogP contribution is -2.58. The quantitative estimate of drug-likeness (QED) is 0.398. The van der Waals surface area contributed by atoms with Crippen LogP contribution in [0.15, 0.2) is 0 Å². The largest absolute Gasteiger partial charge is 0.380 e. The maximum absolute atomic E-state index is 6.08. The number of nitrogens with one attached hydrogen (secondary N) is 1. The first-order chi connectivity index (χ1) is 8.68. The predicted octanol–water partition coefficient (Wildman–Crippen LogP) is 2.23. The highest BCUT2D eigenvalue weighted by Gasteiger charge is 2.41. The van der Waals surface area contributed by atoms with Crippen molar-refractivity contribution in [2.75, 3.05) is 19.8 Å². The molecule has 0 spiro atoms. The normalized spacial score (nSPS) is 30.3. The smallest absolute Gasteiger partial charge is 0.0870 e. The second-order valence-electron chi connectivity index (χ2n) is 5.47. The van der Waals surface area contributed by atoms with Crippen molar-refractivity contribution in [2.24, 2.45) is 11.8 Å². The van der Waals surface area contributed by atoms with Gasteiger partial charge in [0.15, 0.2) is 0 Å². The van der Waals surface area contributed by atoms with Gasteiger partial charge >= 0.3 is 0 Å². The summed E-state index contributed by atoms with van der Waals surface area (Å²) < 4.78 is 11.7. The zero-order valence-electron chi connectivity index (χ0n) is 12.2. The fourth-order valence-electron chi connectivity index (χ4n) is 2.83. The minimum atomic E-state index is -0.135. The standard InChI is InChI=1S/C14H30N2O2/c1-4-10-17-11-13(16-15)14(18-5-2)8-6-12(3)7-9-14/h12-13,16H,4-11,15H2,1-3H3. The van der Waals surface area contributed by atoms with E-state index < -0.39 is 0 Å². The van der Waals surface area contributed by atoms with Crippen molar-refractivity contribution in [2.45, 2.75) is 64.5 Å². The third-order valence-corrected chi connectivity index (χ3v) is 4.02. The highest BCUT2D eigenvalue weighted by Crippen LogP contribution is 2.37. The Kier molecular flexibility index (Phi) is 7.15. The monoisotopic (exact) mass is 258 g/mol. The highest BCUT2D eigenvalue weighted by molar-refractivity contribution is 4.95. The number of nitrogens with two attached hydrogens (primary N) is 1. The fourth-order valence-corrected chi connectivity index (χ4v) is 2.83. The molecule has 0 aromatic rings. The first-order valence-electron chi connectivity index (χ1n) is 7.36. The molecule has 0 bridgehead atoms. The van der Waals surface area contributed by atoms with E-state index in [1.165, 1.54) is 12.8 Å². The van der Waals surface area contributed by atoms with E-state index in [0.29, 0.717) is 6.61 Å². The number of hydrogen-bond acceptors (Lipinski definition) is 4. The van der Waals surface area contributed by atoms with Crippen molar-refractivity contribution in [1.82, 2.24) is 5.43 Å². The van der Waals surface area contributed by atoms with E-state index in [1.54, 1.807) is 0 Å². The summed E-state index contributed by atoms with van der Waals surface area (Å²) in [5, 5.41) is 0. The molecule has 4 heteroatoms. The Morgan fingerprint density at radius 1 is 1.33 bits per heavy atom. The number of rotatable bonds is 8. The van der Waals surface area contributed by atoms with Crippen LogP contribution in [0.3, 0.4) is 0 Å². The molecule has 1 rings (SSSR count). The summed E-state index contributed by atoms with van der Waals surface area (Å²) >= 11 is 0. The lowest BCUT2D eigenvalue weighted by molar-refractivity contribution is -0.111. The van der Waals surface area contributed by atoms with Gasteiger partial charge in [0, 0.05) is 13.2 Å². The van der Waals surface area contributed by atoms with Crippen LogP contribution in [0.4, 0.5) is 0 Å². The molecule has 0 aromatic carbocycles. The summed E-state index contributed by atoms with van der Waals surface area (Å²) in [4.78, 5) is 0. The van der Waals surface area contributed by atoms with E-state index in [4.69, 9.17) is 15.3 Å². The van der Waals surface area contributed by atoms with Crippen LogP contribution in [-0.4, -0.2) is 31.5 Å². The second kappa shape index (κ2) is 8.10. The van der Waals surface area contributed by atoms with Crippen LogP contribution in [0, 0.1) is 5.92 Å².